The largest absolute Gasteiger partial charge is 0.236 e. The van der Waals surface area contributed by atoms with Gasteiger partial charge in [0.15, 0.2) is 0 Å². The summed E-state index contributed by atoms with van der Waals surface area (Å²) in [6, 6.07) is 0. The van der Waals surface area contributed by atoms with E-state index < -0.39 is 7.59 Å². The molecule has 0 N–H and O–H groups in total. The highest BCUT2D eigenvalue weighted by Crippen LogP contribution is 2.48. The van der Waals surface area contributed by atoms with E-state index in [1.807, 2.05) is 0 Å². The predicted octanol–water partition coefficient (Wildman–Crippen LogP) is 5.10. The molecule has 0 aliphatic carbocycles. The Kier molecular flexibility index (Phi) is 8.68. The molecule has 0 nitrogen and oxygen atoms in total. The Morgan fingerprint density at radius 2 is 0.909 bits per heavy atom. The summed E-state index contributed by atoms with van der Waals surface area (Å²) in [4.78, 5) is 0. The van der Waals surface area contributed by atoms with Crippen LogP contribution in [0.4, 0.5) is 0 Å². The van der Waals surface area contributed by atoms with Gasteiger partial charge in [0.25, 0.3) is 0 Å². The van der Waals surface area contributed by atoms with E-state index >= 15 is 0 Å². The van der Waals surface area contributed by atoms with Crippen LogP contribution < -0.4 is 0 Å². The van der Waals surface area contributed by atoms with Crippen LogP contribution in [0.1, 0.15) is 0 Å². The third-order valence-electron chi connectivity index (χ3n) is 0.321. The summed E-state index contributed by atoms with van der Waals surface area (Å²) in [5.41, 5.74) is 1.22. The maximum absolute atomic E-state index is 5.14. The van der Waals surface area contributed by atoms with Gasteiger partial charge in [-0.25, -0.2) is 0 Å². The zero-order valence-electron chi connectivity index (χ0n) is 4.93. The van der Waals surface area contributed by atoms with Crippen molar-refractivity contribution >= 4 is 81.2 Å². The molecule has 0 amide bonds. The molecule has 0 aliphatic heterocycles. The van der Waals surface area contributed by atoms with Crippen LogP contribution >= 0.6 is 81.2 Å². The highest BCUT2D eigenvalue weighted by Gasteiger charge is 2.43. The highest BCUT2D eigenvalue weighted by atomic mass is 35.6. The van der Waals surface area contributed by atoms with Crippen molar-refractivity contribution < 1.29 is 0 Å². The first-order valence-electron chi connectivity index (χ1n) is 2.01. The van der Waals surface area contributed by atoms with Gasteiger partial charge in [-0.05, 0) is 5.54 Å². The minimum Gasteiger partial charge on any atom is -0.0936 e. The van der Waals surface area contributed by atoms with Gasteiger partial charge < -0.3 is 0 Å². The molecule has 0 atom stereocenters. The van der Waals surface area contributed by atoms with Crippen molar-refractivity contribution in [2.45, 2.75) is 7.59 Å². The van der Waals surface area contributed by atoms with Crippen LogP contribution in [-0.4, -0.2) is 7.59 Å². The Balaban J connectivity index is 0. The first-order chi connectivity index (χ1) is 4.66. The summed E-state index contributed by atoms with van der Waals surface area (Å²) in [5, 5.41) is 0. The maximum atomic E-state index is 5.14. The number of hydrogen-bond acceptors (Lipinski definition) is 0. The Bertz CT molecular complexity index is 94.6. The number of alkyl halides is 6. The fourth-order valence-corrected chi connectivity index (χ4v) is 0. The van der Waals surface area contributed by atoms with Gasteiger partial charge in [-0.1, -0.05) is 87.8 Å². The molecule has 0 saturated carbocycles. The summed E-state index contributed by atoms with van der Waals surface area (Å²) < 4.78 is -3.70. The van der Waals surface area contributed by atoms with Crippen LogP contribution in [0.2, 0.25) is 0 Å². The van der Waals surface area contributed by atoms with Gasteiger partial charge in [0.2, 0.25) is 7.59 Å². The molecular weight excluding hydrogens is 296 g/mol. The third-order valence-corrected chi connectivity index (χ3v) is 2.89. The van der Waals surface area contributed by atoms with Crippen LogP contribution in [-0.2, 0) is 0 Å². The normalized spacial score (nSPS) is 11.5. The number of rotatable bonds is 0. The first-order valence-corrected chi connectivity index (χ1v) is 4.71. The zero-order valence-corrected chi connectivity index (χ0v) is 10.2. The average Bonchev–Trinajstić information content (AvgIpc) is 1.60. The molecule has 0 bridgehead atoms. The van der Waals surface area contributed by atoms with Crippen molar-refractivity contribution in [2.24, 2.45) is 0 Å². The molecule has 0 rings (SSSR count). The molecule has 0 saturated heterocycles. The minimum absolute atomic E-state index is 1.22. The first kappa shape index (κ1) is 15.3. The van der Waals surface area contributed by atoms with Crippen molar-refractivity contribution in [2.75, 3.05) is 0 Å². The zero-order chi connectivity index (χ0) is 9.71. The Morgan fingerprint density at radius 3 is 0.909 bits per heavy atom. The van der Waals surface area contributed by atoms with E-state index in [0.29, 0.717) is 0 Å². The van der Waals surface area contributed by atoms with E-state index in [9.17, 15) is 0 Å². The van der Waals surface area contributed by atoms with Gasteiger partial charge in [0.1, 0.15) is 0 Å². The second-order valence-corrected chi connectivity index (χ2v) is 6.02. The van der Waals surface area contributed by atoms with Crippen molar-refractivity contribution in [1.82, 2.24) is 0 Å². The number of halogens is 7. The Morgan fingerprint density at radius 1 is 0.818 bits per heavy atom. The lowest BCUT2D eigenvalue weighted by Gasteiger charge is -2.19. The van der Waals surface area contributed by atoms with Crippen LogP contribution in [0.5, 0.6) is 0 Å². The van der Waals surface area contributed by atoms with E-state index in [1.54, 1.807) is 0 Å². The second kappa shape index (κ2) is 6.26. The molecule has 7 heteroatoms. The Hall–Kier alpha value is 1.77. The summed E-state index contributed by atoms with van der Waals surface area (Å²) in [6.45, 7) is 3.13. The van der Waals surface area contributed by atoms with Crippen molar-refractivity contribution in [3.05, 3.63) is 12.1 Å². The van der Waals surface area contributed by atoms with Gasteiger partial charge >= 0.3 is 0 Å². The van der Waals surface area contributed by atoms with Crippen LogP contribution in [0.15, 0.2) is 12.1 Å². The lowest BCUT2D eigenvalue weighted by Crippen LogP contribution is -2.23. The molecule has 0 spiro atoms. The van der Waals surface area contributed by atoms with Crippen molar-refractivity contribution in [1.29, 1.82) is 0 Å². The monoisotopic (exact) mass is 296 g/mol. The van der Waals surface area contributed by atoms with Gasteiger partial charge in [-0.3, -0.25) is 0 Å². The molecule has 0 aromatic rings. The van der Waals surface area contributed by atoms with Crippen LogP contribution in [0, 0.1) is 0 Å². The highest BCUT2D eigenvalue weighted by molar-refractivity contribution is 6.83. The molecule has 0 unspecified atom stereocenters. The molecule has 11 heavy (non-hydrogen) atoms. The summed E-state index contributed by atoms with van der Waals surface area (Å²) in [7, 11) is 0. The van der Waals surface area contributed by atoms with E-state index in [1.165, 1.54) is 5.54 Å². The van der Waals surface area contributed by atoms with Gasteiger partial charge in [-0.15, -0.1) is 0 Å². The quantitative estimate of drug-likeness (QED) is 0.546. The molecule has 0 radical (unpaired) electrons. The number of hydrogen-bond donors (Lipinski definition) is 0. The topological polar surface area (TPSA) is 0 Å². The standard InChI is InChI=1S/C2Cl6.C2H3Cl/c3-1(4,5)2(6,7)8;1-2-3/h;2H,1H2. The van der Waals surface area contributed by atoms with Gasteiger partial charge in [0.05, 0.1) is 0 Å². The summed E-state index contributed by atoms with van der Waals surface area (Å²) in [6.07, 6.45) is 0. The molecular formula is C4H3Cl7. The van der Waals surface area contributed by atoms with E-state index in [0.717, 1.165) is 0 Å². The summed E-state index contributed by atoms with van der Waals surface area (Å²) >= 11 is 35.6. The fourth-order valence-electron chi connectivity index (χ4n) is 0. The van der Waals surface area contributed by atoms with E-state index in [-0.39, 0.29) is 0 Å². The molecule has 0 fully saturated rings. The molecule has 0 aromatic heterocycles. The van der Waals surface area contributed by atoms with Crippen molar-refractivity contribution in [3.63, 3.8) is 0 Å². The molecule has 0 aliphatic rings. The molecule has 68 valence electrons. The summed E-state index contributed by atoms with van der Waals surface area (Å²) in [5.74, 6) is 0. The minimum atomic E-state index is -1.85. The predicted molar refractivity (Wildman–Crippen MR) is 56.6 cm³/mol. The van der Waals surface area contributed by atoms with Gasteiger partial charge in [-0.2, -0.15) is 0 Å². The lowest BCUT2D eigenvalue weighted by molar-refractivity contribution is 1.10. The molecule has 0 heterocycles. The maximum Gasteiger partial charge on any atom is 0.236 e. The smallest absolute Gasteiger partial charge is 0.0936 e. The van der Waals surface area contributed by atoms with E-state index in [2.05, 4.69) is 6.58 Å². The van der Waals surface area contributed by atoms with E-state index in [4.69, 9.17) is 81.2 Å². The van der Waals surface area contributed by atoms with Crippen LogP contribution in [0.25, 0.3) is 0 Å². The van der Waals surface area contributed by atoms with Crippen molar-refractivity contribution in [3.8, 4) is 0 Å². The lowest BCUT2D eigenvalue weighted by atomic mass is 10.9. The molecule has 0 aromatic carbocycles. The second-order valence-electron chi connectivity index (χ2n) is 1.15. The fraction of sp³-hybridized carbons (Fsp3) is 0.500. The third kappa shape index (κ3) is 9.69. The SMILES string of the molecule is C=CCl.ClC(Cl)(Cl)C(Cl)(Cl)Cl. The average molecular weight is 299 g/mol. The van der Waals surface area contributed by atoms with Crippen LogP contribution in [0.3, 0.4) is 0 Å². The Labute approximate surface area is 100 Å². The van der Waals surface area contributed by atoms with Gasteiger partial charge in [0, 0.05) is 0 Å².